The second-order valence-corrected chi connectivity index (χ2v) is 3.86. The van der Waals surface area contributed by atoms with E-state index in [1.807, 2.05) is 0 Å². The molecular weight excluding hydrogens is 282 g/mol. The van der Waals surface area contributed by atoms with E-state index in [-0.39, 0.29) is 23.7 Å². The van der Waals surface area contributed by atoms with E-state index in [2.05, 4.69) is 10.1 Å². The van der Waals surface area contributed by atoms with Crippen molar-refractivity contribution in [2.45, 2.75) is 13.0 Å². The number of hydrogen-bond donors (Lipinski definition) is 2. The van der Waals surface area contributed by atoms with Gasteiger partial charge in [-0.25, -0.2) is 4.79 Å². The average molecular weight is 297 g/mol. The number of nitro groups is 1. The SMILES string of the molecule is CCOC(=O)C(N)C(=O)Nc1ccc([N+](=O)[O-])cc1OC. The zero-order chi connectivity index (χ0) is 16.0. The monoisotopic (exact) mass is 297 g/mol. The molecule has 0 bridgehead atoms. The second-order valence-electron chi connectivity index (χ2n) is 3.86. The van der Waals surface area contributed by atoms with Crippen molar-refractivity contribution in [3.05, 3.63) is 28.3 Å². The lowest BCUT2D eigenvalue weighted by Crippen LogP contribution is -2.43. The summed E-state index contributed by atoms with van der Waals surface area (Å²) in [5.74, 6) is -1.59. The topological polar surface area (TPSA) is 134 Å². The number of benzene rings is 1. The standard InChI is InChI=1S/C12H15N3O6/c1-3-21-12(17)10(13)11(16)14-8-5-4-7(15(18)19)6-9(8)20-2/h4-6,10H,3,13H2,1-2H3,(H,14,16). The summed E-state index contributed by atoms with van der Waals surface area (Å²) in [7, 11) is 1.29. The zero-order valence-corrected chi connectivity index (χ0v) is 11.5. The number of anilines is 1. The first-order valence-corrected chi connectivity index (χ1v) is 5.96. The van der Waals surface area contributed by atoms with Crippen LogP contribution in [-0.4, -0.2) is 36.6 Å². The smallest absolute Gasteiger partial charge is 0.332 e. The maximum Gasteiger partial charge on any atom is 0.332 e. The summed E-state index contributed by atoms with van der Waals surface area (Å²) in [5.41, 5.74) is 5.39. The Bertz CT molecular complexity index is 560. The molecule has 0 aliphatic carbocycles. The number of nitro benzene ring substituents is 1. The third-order valence-electron chi connectivity index (χ3n) is 2.48. The molecule has 3 N–H and O–H groups in total. The van der Waals surface area contributed by atoms with E-state index in [0.29, 0.717) is 0 Å². The Hall–Kier alpha value is -2.68. The van der Waals surface area contributed by atoms with Crippen LogP contribution in [0.1, 0.15) is 6.92 Å². The number of non-ortho nitro benzene ring substituents is 1. The van der Waals surface area contributed by atoms with Crippen LogP contribution in [0.25, 0.3) is 0 Å². The van der Waals surface area contributed by atoms with Gasteiger partial charge in [-0.2, -0.15) is 0 Å². The van der Waals surface area contributed by atoms with Crippen LogP contribution in [-0.2, 0) is 14.3 Å². The van der Waals surface area contributed by atoms with Gasteiger partial charge in [0.05, 0.1) is 30.4 Å². The molecule has 0 saturated heterocycles. The summed E-state index contributed by atoms with van der Waals surface area (Å²) in [6, 6.07) is 2.12. The van der Waals surface area contributed by atoms with Crippen LogP contribution >= 0.6 is 0 Å². The average Bonchev–Trinajstić information content (AvgIpc) is 2.46. The van der Waals surface area contributed by atoms with Gasteiger partial charge in [-0.3, -0.25) is 14.9 Å². The molecule has 1 aromatic rings. The van der Waals surface area contributed by atoms with Gasteiger partial charge in [0.25, 0.3) is 11.6 Å². The predicted molar refractivity (Wildman–Crippen MR) is 72.9 cm³/mol. The Morgan fingerprint density at radius 3 is 2.67 bits per heavy atom. The van der Waals surface area contributed by atoms with Gasteiger partial charge in [-0.15, -0.1) is 0 Å². The minimum atomic E-state index is -1.50. The minimum Gasteiger partial charge on any atom is -0.494 e. The van der Waals surface area contributed by atoms with E-state index in [1.165, 1.54) is 19.2 Å². The zero-order valence-electron chi connectivity index (χ0n) is 11.5. The number of hydrogen-bond acceptors (Lipinski definition) is 7. The van der Waals surface area contributed by atoms with Crippen LogP contribution in [0.3, 0.4) is 0 Å². The van der Waals surface area contributed by atoms with Crippen LogP contribution in [0, 0.1) is 10.1 Å². The number of esters is 1. The van der Waals surface area contributed by atoms with Crippen molar-refractivity contribution in [1.29, 1.82) is 0 Å². The summed E-state index contributed by atoms with van der Waals surface area (Å²) >= 11 is 0. The Labute approximate surface area is 120 Å². The Morgan fingerprint density at radius 2 is 2.14 bits per heavy atom. The summed E-state index contributed by atoms with van der Waals surface area (Å²) in [4.78, 5) is 33.2. The number of nitrogens with zero attached hydrogens (tertiary/aromatic N) is 1. The van der Waals surface area contributed by atoms with E-state index >= 15 is 0 Å². The molecule has 1 atom stereocenters. The van der Waals surface area contributed by atoms with E-state index in [4.69, 9.17) is 10.5 Å². The van der Waals surface area contributed by atoms with Crippen molar-refractivity contribution in [1.82, 2.24) is 0 Å². The maximum absolute atomic E-state index is 11.8. The molecule has 114 valence electrons. The predicted octanol–water partition coefficient (Wildman–Crippen LogP) is 0.432. The van der Waals surface area contributed by atoms with Crippen molar-refractivity contribution >= 4 is 23.3 Å². The highest BCUT2D eigenvalue weighted by Crippen LogP contribution is 2.28. The lowest BCUT2D eigenvalue weighted by Gasteiger charge is -2.13. The number of ether oxygens (including phenoxy) is 2. The third kappa shape index (κ3) is 4.14. The fourth-order valence-corrected chi connectivity index (χ4v) is 1.45. The lowest BCUT2D eigenvalue weighted by atomic mass is 10.2. The van der Waals surface area contributed by atoms with Crippen molar-refractivity contribution in [3.8, 4) is 5.75 Å². The van der Waals surface area contributed by atoms with Gasteiger partial charge in [0.2, 0.25) is 0 Å². The van der Waals surface area contributed by atoms with Crippen molar-refractivity contribution < 1.29 is 24.0 Å². The molecule has 21 heavy (non-hydrogen) atoms. The number of methoxy groups -OCH3 is 1. The summed E-state index contributed by atoms with van der Waals surface area (Å²) in [6.45, 7) is 1.68. The summed E-state index contributed by atoms with van der Waals surface area (Å²) in [5, 5.41) is 13.0. The van der Waals surface area contributed by atoms with Crippen LogP contribution in [0.5, 0.6) is 5.75 Å². The first-order chi connectivity index (χ1) is 9.90. The largest absolute Gasteiger partial charge is 0.494 e. The number of nitrogens with two attached hydrogens (primary N) is 1. The molecule has 1 unspecified atom stereocenters. The van der Waals surface area contributed by atoms with Gasteiger partial charge >= 0.3 is 5.97 Å². The molecule has 0 saturated carbocycles. The van der Waals surface area contributed by atoms with Crippen LogP contribution in [0.15, 0.2) is 18.2 Å². The van der Waals surface area contributed by atoms with Crippen molar-refractivity contribution in [3.63, 3.8) is 0 Å². The quantitative estimate of drug-likeness (QED) is 0.336. The molecule has 1 rings (SSSR count). The molecule has 0 radical (unpaired) electrons. The molecule has 9 nitrogen and oxygen atoms in total. The number of carbonyl (C=O) groups excluding carboxylic acids is 2. The minimum absolute atomic E-state index is 0.0774. The van der Waals surface area contributed by atoms with Gasteiger partial charge < -0.3 is 20.5 Å². The number of carbonyl (C=O) groups is 2. The highest BCUT2D eigenvalue weighted by atomic mass is 16.6. The molecule has 1 aromatic carbocycles. The normalized spacial score (nSPS) is 11.4. The number of rotatable bonds is 6. The molecule has 0 aliphatic heterocycles. The van der Waals surface area contributed by atoms with E-state index in [0.717, 1.165) is 6.07 Å². The van der Waals surface area contributed by atoms with Gasteiger partial charge in [-0.1, -0.05) is 0 Å². The van der Waals surface area contributed by atoms with Crippen LogP contribution < -0.4 is 15.8 Å². The van der Waals surface area contributed by atoms with Crippen molar-refractivity contribution in [2.24, 2.45) is 5.73 Å². The molecule has 0 heterocycles. The summed E-state index contributed by atoms with van der Waals surface area (Å²) < 4.78 is 9.57. The number of amides is 1. The molecule has 0 aromatic heterocycles. The second kappa shape index (κ2) is 7.20. The Morgan fingerprint density at radius 1 is 1.48 bits per heavy atom. The maximum atomic E-state index is 11.8. The van der Waals surface area contributed by atoms with Crippen LogP contribution in [0.4, 0.5) is 11.4 Å². The molecule has 0 spiro atoms. The Balaban J connectivity index is 2.89. The van der Waals surface area contributed by atoms with E-state index in [9.17, 15) is 19.7 Å². The van der Waals surface area contributed by atoms with Crippen molar-refractivity contribution in [2.75, 3.05) is 19.0 Å². The van der Waals surface area contributed by atoms with E-state index < -0.39 is 22.8 Å². The molecule has 9 heteroatoms. The first-order valence-electron chi connectivity index (χ1n) is 5.96. The van der Waals surface area contributed by atoms with Gasteiger partial charge in [-0.05, 0) is 13.0 Å². The van der Waals surface area contributed by atoms with E-state index in [1.54, 1.807) is 6.92 Å². The molecule has 1 amide bonds. The Kier molecular flexibility index (Phi) is 5.61. The highest BCUT2D eigenvalue weighted by molar-refractivity contribution is 6.08. The molecular formula is C12H15N3O6. The third-order valence-corrected chi connectivity index (χ3v) is 2.48. The summed E-state index contributed by atoms with van der Waals surface area (Å²) in [6.07, 6.45) is 0. The fraction of sp³-hybridized carbons (Fsp3) is 0.333. The van der Waals surface area contributed by atoms with Gasteiger partial charge in [0, 0.05) is 6.07 Å². The number of nitrogens with one attached hydrogen (secondary N) is 1. The van der Waals surface area contributed by atoms with Crippen LogP contribution in [0.2, 0.25) is 0 Å². The first kappa shape index (κ1) is 16.4. The van der Waals surface area contributed by atoms with Gasteiger partial charge in [0.15, 0.2) is 6.04 Å². The van der Waals surface area contributed by atoms with Gasteiger partial charge in [0.1, 0.15) is 5.75 Å². The molecule has 0 fully saturated rings. The molecule has 0 aliphatic rings. The lowest BCUT2D eigenvalue weighted by molar-refractivity contribution is -0.384. The fourth-order valence-electron chi connectivity index (χ4n) is 1.45. The highest BCUT2D eigenvalue weighted by Gasteiger charge is 2.24.